The fraction of sp³-hybridized carbons (Fsp3) is 0.0938. The number of halogens is 1. The highest BCUT2D eigenvalue weighted by Crippen LogP contribution is 2.25. The van der Waals surface area contributed by atoms with Crippen LogP contribution in [0, 0.1) is 13.8 Å². The van der Waals surface area contributed by atoms with Gasteiger partial charge >= 0.3 is 0 Å². The lowest BCUT2D eigenvalue weighted by atomic mass is 10.1. The summed E-state index contributed by atoms with van der Waals surface area (Å²) in [6, 6.07) is 28.9. The summed E-state index contributed by atoms with van der Waals surface area (Å²) in [5.74, 6) is -0.766. The summed E-state index contributed by atoms with van der Waals surface area (Å²) in [5, 5.41) is 9.08. The molecular formula is C32H28ClN3O3S. The number of carbonyl (C=O) groups is 3. The quantitative estimate of drug-likeness (QED) is 0.148. The van der Waals surface area contributed by atoms with Crippen LogP contribution < -0.4 is 16.0 Å². The van der Waals surface area contributed by atoms with E-state index in [0.29, 0.717) is 22.0 Å². The van der Waals surface area contributed by atoms with E-state index in [1.54, 1.807) is 54.6 Å². The molecule has 4 aromatic rings. The van der Waals surface area contributed by atoms with Crippen molar-refractivity contribution < 1.29 is 14.4 Å². The SMILES string of the molecule is Cc1ccccc1/C=C(\NC(=O)c1ccccc1)C(=O)Nc1ccc(SCC(=O)Nc2cccc(Cl)c2C)cc1. The van der Waals surface area contributed by atoms with Crippen LogP contribution in [-0.4, -0.2) is 23.5 Å². The summed E-state index contributed by atoms with van der Waals surface area (Å²) in [5.41, 5.74) is 4.41. The van der Waals surface area contributed by atoms with E-state index < -0.39 is 5.91 Å². The molecule has 0 atom stereocenters. The van der Waals surface area contributed by atoms with Gasteiger partial charge in [-0.25, -0.2) is 0 Å². The highest BCUT2D eigenvalue weighted by molar-refractivity contribution is 8.00. The predicted octanol–water partition coefficient (Wildman–Crippen LogP) is 7.10. The van der Waals surface area contributed by atoms with Crippen molar-refractivity contribution in [3.63, 3.8) is 0 Å². The van der Waals surface area contributed by atoms with Crippen LogP contribution in [0.5, 0.6) is 0 Å². The molecule has 0 saturated heterocycles. The van der Waals surface area contributed by atoms with E-state index in [2.05, 4.69) is 16.0 Å². The zero-order valence-corrected chi connectivity index (χ0v) is 23.6. The fourth-order valence-electron chi connectivity index (χ4n) is 3.76. The average molecular weight is 570 g/mol. The Balaban J connectivity index is 1.41. The first-order chi connectivity index (χ1) is 19.3. The summed E-state index contributed by atoms with van der Waals surface area (Å²) in [6.45, 7) is 3.79. The molecule has 3 amide bonds. The van der Waals surface area contributed by atoms with Crippen molar-refractivity contribution in [2.24, 2.45) is 0 Å². The molecule has 4 rings (SSSR count). The van der Waals surface area contributed by atoms with Crippen molar-refractivity contribution in [3.05, 3.63) is 130 Å². The Bertz CT molecular complexity index is 1550. The molecule has 0 aromatic heterocycles. The van der Waals surface area contributed by atoms with Gasteiger partial charge in [0.1, 0.15) is 5.70 Å². The van der Waals surface area contributed by atoms with E-state index in [1.807, 2.05) is 62.4 Å². The number of amides is 3. The minimum absolute atomic E-state index is 0.120. The highest BCUT2D eigenvalue weighted by atomic mass is 35.5. The highest BCUT2D eigenvalue weighted by Gasteiger charge is 2.16. The zero-order valence-electron chi connectivity index (χ0n) is 22.0. The third-order valence-corrected chi connectivity index (χ3v) is 7.46. The van der Waals surface area contributed by atoms with Gasteiger partial charge in [-0.15, -0.1) is 11.8 Å². The van der Waals surface area contributed by atoms with Crippen molar-refractivity contribution in [3.8, 4) is 0 Å². The van der Waals surface area contributed by atoms with Crippen LogP contribution >= 0.6 is 23.4 Å². The second-order valence-corrected chi connectivity index (χ2v) is 10.4. The number of nitrogens with one attached hydrogen (secondary N) is 3. The summed E-state index contributed by atoms with van der Waals surface area (Å²) in [6.07, 6.45) is 1.66. The van der Waals surface area contributed by atoms with Gasteiger partial charge in [-0.2, -0.15) is 0 Å². The Morgan fingerprint density at radius 3 is 2.23 bits per heavy atom. The fourth-order valence-corrected chi connectivity index (χ4v) is 4.63. The molecule has 6 nitrogen and oxygen atoms in total. The monoisotopic (exact) mass is 569 g/mol. The predicted molar refractivity (Wildman–Crippen MR) is 164 cm³/mol. The van der Waals surface area contributed by atoms with E-state index in [-0.39, 0.29) is 23.3 Å². The van der Waals surface area contributed by atoms with Gasteiger partial charge in [0.15, 0.2) is 0 Å². The standard InChI is InChI=1S/C32H28ClN3O3S/c1-21-9-6-7-12-24(21)19-29(36-31(38)23-10-4-3-5-11-23)32(39)34-25-15-17-26(18-16-25)40-20-30(37)35-28-14-8-13-27(33)22(28)2/h3-19H,20H2,1-2H3,(H,34,39)(H,35,37)(H,36,38)/b29-19-. The molecule has 0 radical (unpaired) electrons. The summed E-state index contributed by atoms with van der Waals surface area (Å²) in [4.78, 5) is 39.4. The van der Waals surface area contributed by atoms with Gasteiger partial charge in [0.2, 0.25) is 5.91 Å². The topological polar surface area (TPSA) is 87.3 Å². The smallest absolute Gasteiger partial charge is 0.272 e. The minimum Gasteiger partial charge on any atom is -0.325 e. The Morgan fingerprint density at radius 2 is 1.50 bits per heavy atom. The van der Waals surface area contributed by atoms with Gasteiger partial charge in [-0.1, -0.05) is 60.1 Å². The third-order valence-electron chi connectivity index (χ3n) is 6.04. The van der Waals surface area contributed by atoms with E-state index in [1.165, 1.54) is 11.8 Å². The number of rotatable bonds is 9. The van der Waals surface area contributed by atoms with Gasteiger partial charge < -0.3 is 16.0 Å². The molecule has 0 heterocycles. The van der Waals surface area contributed by atoms with E-state index >= 15 is 0 Å². The van der Waals surface area contributed by atoms with Crippen molar-refractivity contribution in [1.29, 1.82) is 0 Å². The van der Waals surface area contributed by atoms with Gasteiger partial charge in [0, 0.05) is 26.9 Å². The molecule has 0 fully saturated rings. The number of hydrogen-bond acceptors (Lipinski definition) is 4. The summed E-state index contributed by atoms with van der Waals surface area (Å²) in [7, 11) is 0. The molecule has 0 bridgehead atoms. The molecule has 0 unspecified atom stereocenters. The van der Waals surface area contributed by atoms with Crippen LogP contribution in [0.15, 0.2) is 108 Å². The summed E-state index contributed by atoms with van der Waals surface area (Å²) >= 11 is 7.51. The second-order valence-electron chi connectivity index (χ2n) is 8.96. The van der Waals surface area contributed by atoms with Crippen molar-refractivity contribution in [2.75, 3.05) is 16.4 Å². The first kappa shape index (κ1) is 28.7. The van der Waals surface area contributed by atoms with E-state index in [9.17, 15) is 14.4 Å². The summed E-state index contributed by atoms with van der Waals surface area (Å²) < 4.78 is 0. The van der Waals surface area contributed by atoms with Gasteiger partial charge in [-0.3, -0.25) is 14.4 Å². The number of aryl methyl sites for hydroxylation is 1. The number of hydrogen-bond donors (Lipinski definition) is 3. The Labute approximate surface area is 242 Å². The van der Waals surface area contributed by atoms with Crippen molar-refractivity contribution in [1.82, 2.24) is 5.32 Å². The number of thioether (sulfide) groups is 1. The van der Waals surface area contributed by atoms with Crippen LogP contribution in [0.2, 0.25) is 5.02 Å². The van der Waals surface area contributed by atoms with Gasteiger partial charge in [0.05, 0.1) is 5.75 Å². The van der Waals surface area contributed by atoms with Gasteiger partial charge in [0.25, 0.3) is 11.8 Å². The first-order valence-electron chi connectivity index (χ1n) is 12.5. The van der Waals surface area contributed by atoms with Crippen LogP contribution in [0.1, 0.15) is 27.0 Å². The number of carbonyl (C=O) groups excluding carboxylic acids is 3. The molecule has 0 saturated carbocycles. The number of anilines is 2. The largest absolute Gasteiger partial charge is 0.325 e. The third kappa shape index (κ3) is 7.85. The van der Waals surface area contributed by atoms with Crippen LogP contribution in [0.3, 0.4) is 0 Å². The Kier molecular flexibility index (Phi) is 9.78. The lowest BCUT2D eigenvalue weighted by Gasteiger charge is -2.12. The first-order valence-corrected chi connectivity index (χ1v) is 13.9. The maximum Gasteiger partial charge on any atom is 0.272 e. The maximum absolute atomic E-state index is 13.3. The van der Waals surface area contributed by atoms with Crippen molar-refractivity contribution >= 4 is 58.5 Å². The van der Waals surface area contributed by atoms with E-state index in [0.717, 1.165) is 21.6 Å². The Morgan fingerprint density at radius 1 is 0.800 bits per heavy atom. The molecule has 0 aliphatic heterocycles. The number of benzene rings is 4. The normalized spacial score (nSPS) is 11.0. The maximum atomic E-state index is 13.3. The molecular weight excluding hydrogens is 542 g/mol. The van der Waals surface area contributed by atoms with Crippen LogP contribution in [0.25, 0.3) is 6.08 Å². The zero-order chi connectivity index (χ0) is 28.5. The lowest BCUT2D eigenvalue weighted by Crippen LogP contribution is -2.30. The second kappa shape index (κ2) is 13.6. The molecule has 0 aliphatic rings. The molecule has 0 aliphatic carbocycles. The molecule has 3 N–H and O–H groups in total. The molecule has 40 heavy (non-hydrogen) atoms. The molecule has 8 heteroatoms. The molecule has 0 spiro atoms. The van der Waals surface area contributed by atoms with Crippen LogP contribution in [0.4, 0.5) is 11.4 Å². The van der Waals surface area contributed by atoms with E-state index in [4.69, 9.17) is 11.6 Å². The minimum atomic E-state index is -0.454. The van der Waals surface area contributed by atoms with Crippen LogP contribution in [-0.2, 0) is 9.59 Å². The Hall–Kier alpha value is -4.33. The molecule has 4 aromatic carbocycles. The van der Waals surface area contributed by atoms with Gasteiger partial charge in [-0.05, 0) is 85.1 Å². The molecule has 202 valence electrons. The average Bonchev–Trinajstić information content (AvgIpc) is 2.96. The van der Waals surface area contributed by atoms with Crippen molar-refractivity contribution in [2.45, 2.75) is 18.7 Å². The lowest BCUT2D eigenvalue weighted by molar-refractivity contribution is -0.114.